The van der Waals surface area contributed by atoms with E-state index in [1.54, 1.807) is 0 Å². The van der Waals surface area contributed by atoms with E-state index in [9.17, 15) is 14.0 Å². The minimum absolute atomic E-state index is 0.0205. The predicted molar refractivity (Wildman–Crippen MR) is 76.4 cm³/mol. The second kappa shape index (κ2) is 7.51. The molecule has 0 saturated carbocycles. The number of carbonyl (C=O) groups excluding carboxylic acids is 2. The summed E-state index contributed by atoms with van der Waals surface area (Å²) in [6.45, 7) is 0.650. The predicted octanol–water partition coefficient (Wildman–Crippen LogP) is 2.04. The normalized spacial score (nSPS) is 17.5. The van der Waals surface area contributed by atoms with Crippen molar-refractivity contribution in [2.45, 2.75) is 18.9 Å². The molecule has 1 aliphatic rings. The van der Waals surface area contributed by atoms with Gasteiger partial charge in [-0.3, -0.25) is 4.79 Å². The molecule has 1 fully saturated rings. The average molecular weight is 360 g/mol. The second-order valence-electron chi connectivity index (χ2n) is 4.64. The van der Waals surface area contributed by atoms with Crippen LogP contribution in [0.3, 0.4) is 0 Å². The summed E-state index contributed by atoms with van der Waals surface area (Å²) in [6.07, 6.45) is 1.91. The summed E-state index contributed by atoms with van der Waals surface area (Å²) in [6, 6.07) is 3.93. The third-order valence-electron chi connectivity index (χ3n) is 3.03. The number of carbonyl (C=O) groups is 2. The maximum absolute atomic E-state index is 13.5. The maximum atomic E-state index is 13.5. The van der Waals surface area contributed by atoms with Crippen molar-refractivity contribution >= 4 is 27.8 Å². The molecule has 1 N–H and O–H groups in total. The van der Waals surface area contributed by atoms with Gasteiger partial charge in [0.2, 0.25) is 0 Å². The minimum Gasteiger partial charge on any atom is -0.452 e. The molecule has 114 valence electrons. The van der Waals surface area contributed by atoms with Crippen molar-refractivity contribution in [3.8, 4) is 0 Å². The van der Waals surface area contributed by atoms with Gasteiger partial charge in [0.05, 0.1) is 11.7 Å². The zero-order valence-electron chi connectivity index (χ0n) is 11.2. The maximum Gasteiger partial charge on any atom is 0.341 e. The van der Waals surface area contributed by atoms with E-state index < -0.39 is 24.3 Å². The summed E-state index contributed by atoms with van der Waals surface area (Å²) in [4.78, 5) is 23.2. The standard InChI is InChI=1S/C14H15BrFNO4/c15-9-3-4-12(16)11(6-9)14(19)21-8-13(18)17-7-10-2-1-5-20-10/h3-4,6,10H,1-2,5,7-8H2,(H,17,18)/t10-/m1/s1. The first-order chi connectivity index (χ1) is 10.1. The van der Waals surface area contributed by atoms with Crippen LogP contribution in [0.5, 0.6) is 0 Å². The summed E-state index contributed by atoms with van der Waals surface area (Å²) < 4.78 is 24.2. The molecule has 1 aromatic carbocycles. The van der Waals surface area contributed by atoms with Crippen molar-refractivity contribution in [3.63, 3.8) is 0 Å². The Hall–Kier alpha value is -1.47. The molecule has 1 saturated heterocycles. The molecule has 2 rings (SSSR count). The number of rotatable bonds is 5. The zero-order valence-corrected chi connectivity index (χ0v) is 12.8. The number of hydrogen-bond acceptors (Lipinski definition) is 4. The average Bonchev–Trinajstić information content (AvgIpc) is 2.98. The topological polar surface area (TPSA) is 64.6 Å². The first-order valence-electron chi connectivity index (χ1n) is 6.57. The fraction of sp³-hybridized carbons (Fsp3) is 0.429. The van der Waals surface area contributed by atoms with Gasteiger partial charge >= 0.3 is 5.97 Å². The van der Waals surface area contributed by atoms with Crippen LogP contribution >= 0.6 is 15.9 Å². The fourth-order valence-corrected chi connectivity index (χ4v) is 2.31. The molecule has 0 spiro atoms. The molecule has 1 heterocycles. The van der Waals surface area contributed by atoms with E-state index in [1.807, 2.05) is 0 Å². The van der Waals surface area contributed by atoms with E-state index in [1.165, 1.54) is 12.1 Å². The summed E-state index contributed by atoms with van der Waals surface area (Å²) >= 11 is 3.14. The lowest BCUT2D eigenvalue weighted by atomic mass is 10.2. The van der Waals surface area contributed by atoms with Crippen molar-refractivity contribution in [1.82, 2.24) is 5.32 Å². The molecule has 0 bridgehead atoms. The molecular formula is C14H15BrFNO4. The van der Waals surface area contributed by atoms with Gasteiger partial charge < -0.3 is 14.8 Å². The molecule has 5 nitrogen and oxygen atoms in total. The minimum atomic E-state index is -0.874. The van der Waals surface area contributed by atoms with Crippen LogP contribution in [0.25, 0.3) is 0 Å². The van der Waals surface area contributed by atoms with Crippen LogP contribution in [0.1, 0.15) is 23.2 Å². The van der Waals surface area contributed by atoms with Crippen molar-refractivity contribution in [1.29, 1.82) is 0 Å². The molecule has 1 atom stereocenters. The number of amides is 1. The smallest absolute Gasteiger partial charge is 0.341 e. The molecule has 0 aromatic heterocycles. The van der Waals surface area contributed by atoms with Crippen LogP contribution in [0.15, 0.2) is 22.7 Å². The summed E-state index contributed by atoms with van der Waals surface area (Å²) in [5.74, 6) is -2.00. The Morgan fingerprint density at radius 1 is 1.48 bits per heavy atom. The van der Waals surface area contributed by atoms with E-state index in [2.05, 4.69) is 21.2 Å². The Kier molecular flexibility index (Phi) is 5.69. The van der Waals surface area contributed by atoms with Gasteiger partial charge in [0, 0.05) is 17.6 Å². The van der Waals surface area contributed by atoms with Gasteiger partial charge in [-0.25, -0.2) is 9.18 Å². The van der Waals surface area contributed by atoms with Crippen molar-refractivity contribution in [3.05, 3.63) is 34.1 Å². The van der Waals surface area contributed by atoms with Gasteiger partial charge in [-0.15, -0.1) is 0 Å². The summed E-state index contributed by atoms with van der Waals surface area (Å²) in [5, 5.41) is 2.61. The highest BCUT2D eigenvalue weighted by Crippen LogP contribution is 2.16. The van der Waals surface area contributed by atoms with Crippen LogP contribution in [-0.4, -0.2) is 37.7 Å². The quantitative estimate of drug-likeness (QED) is 0.817. The van der Waals surface area contributed by atoms with Gasteiger partial charge in [0.15, 0.2) is 6.61 Å². The molecule has 1 amide bonds. The van der Waals surface area contributed by atoms with E-state index in [0.717, 1.165) is 18.9 Å². The van der Waals surface area contributed by atoms with Crippen LogP contribution in [0, 0.1) is 5.82 Å². The number of halogens is 2. The summed E-state index contributed by atoms with van der Waals surface area (Å²) in [7, 11) is 0. The first-order valence-corrected chi connectivity index (χ1v) is 7.36. The van der Waals surface area contributed by atoms with Crippen molar-refractivity contribution in [2.24, 2.45) is 0 Å². The number of hydrogen-bond donors (Lipinski definition) is 1. The van der Waals surface area contributed by atoms with E-state index >= 15 is 0 Å². The van der Waals surface area contributed by atoms with Gasteiger partial charge in [0.25, 0.3) is 5.91 Å². The lowest BCUT2D eigenvalue weighted by molar-refractivity contribution is -0.124. The Bertz CT molecular complexity index is 532. The van der Waals surface area contributed by atoms with Gasteiger partial charge in [-0.2, -0.15) is 0 Å². The zero-order chi connectivity index (χ0) is 15.2. The molecule has 21 heavy (non-hydrogen) atoms. The van der Waals surface area contributed by atoms with E-state index in [0.29, 0.717) is 17.6 Å². The molecule has 0 radical (unpaired) electrons. The fourth-order valence-electron chi connectivity index (χ4n) is 1.95. The van der Waals surface area contributed by atoms with Crippen molar-refractivity contribution in [2.75, 3.05) is 19.8 Å². The molecule has 1 aromatic rings. The third-order valence-corrected chi connectivity index (χ3v) is 3.53. The molecule has 7 heteroatoms. The largest absolute Gasteiger partial charge is 0.452 e. The Labute approximate surface area is 129 Å². The van der Waals surface area contributed by atoms with Crippen LogP contribution < -0.4 is 5.32 Å². The number of ether oxygens (including phenoxy) is 2. The second-order valence-corrected chi connectivity index (χ2v) is 5.56. The van der Waals surface area contributed by atoms with Crippen LogP contribution in [0.4, 0.5) is 4.39 Å². The monoisotopic (exact) mass is 359 g/mol. The molecule has 1 aliphatic heterocycles. The molecule has 0 unspecified atom stereocenters. The number of benzene rings is 1. The Morgan fingerprint density at radius 3 is 3.00 bits per heavy atom. The van der Waals surface area contributed by atoms with Gasteiger partial charge in [-0.05, 0) is 31.0 Å². The Morgan fingerprint density at radius 2 is 2.29 bits per heavy atom. The first kappa shape index (κ1) is 15.9. The third kappa shape index (κ3) is 4.78. The summed E-state index contributed by atoms with van der Waals surface area (Å²) in [5.41, 5.74) is -0.212. The van der Waals surface area contributed by atoms with E-state index in [4.69, 9.17) is 9.47 Å². The van der Waals surface area contributed by atoms with E-state index in [-0.39, 0.29) is 11.7 Å². The molecular weight excluding hydrogens is 345 g/mol. The molecule has 0 aliphatic carbocycles. The number of esters is 1. The lowest BCUT2D eigenvalue weighted by Gasteiger charge is -2.11. The van der Waals surface area contributed by atoms with Crippen LogP contribution in [-0.2, 0) is 14.3 Å². The van der Waals surface area contributed by atoms with Crippen LogP contribution in [0.2, 0.25) is 0 Å². The SMILES string of the molecule is O=C(COC(=O)c1cc(Br)ccc1F)NC[C@H]1CCCO1. The highest BCUT2D eigenvalue weighted by molar-refractivity contribution is 9.10. The lowest BCUT2D eigenvalue weighted by Crippen LogP contribution is -2.34. The highest BCUT2D eigenvalue weighted by Gasteiger charge is 2.18. The highest BCUT2D eigenvalue weighted by atomic mass is 79.9. The van der Waals surface area contributed by atoms with Gasteiger partial charge in [0.1, 0.15) is 5.82 Å². The van der Waals surface area contributed by atoms with Crippen molar-refractivity contribution < 1.29 is 23.5 Å². The van der Waals surface area contributed by atoms with Gasteiger partial charge in [-0.1, -0.05) is 15.9 Å². The number of nitrogens with one attached hydrogen (secondary N) is 1. The Balaban J connectivity index is 1.77.